The molecule has 2 aromatic rings. The van der Waals surface area contributed by atoms with Gasteiger partial charge in [-0.25, -0.2) is 0 Å². The van der Waals surface area contributed by atoms with Crippen molar-refractivity contribution in [2.24, 2.45) is 0 Å². The van der Waals surface area contributed by atoms with Gasteiger partial charge in [0.15, 0.2) is 4.77 Å². The van der Waals surface area contributed by atoms with Crippen LogP contribution in [0.2, 0.25) is 0 Å². The Bertz CT molecular complexity index is 770. The molecule has 1 aliphatic carbocycles. The molecular formula is C14H17N3O2S2. The highest BCUT2D eigenvalue weighted by Crippen LogP contribution is 2.19. The van der Waals surface area contributed by atoms with Crippen LogP contribution in [0.15, 0.2) is 16.2 Å². The van der Waals surface area contributed by atoms with Crippen molar-refractivity contribution in [2.45, 2.75) is 44.7 Å². The number of unbranched alkanes of at least 4 members (excludes halogenated alkanes) is 1. The maximum Gasteiger partial charge on any atom is 0.272 e. The number of aromatic nitrogens is 2. The number of hydrogen-bond acceptors (Lipinski definition) is 4. The highest BCUT2D eigenvalue weighted by Gasteiger charge is 2.22. The van der Waals surface area contributed by atoms with E-state index in [0.717, 1.165) is 31.2 Å². The van der Waals surface area contributed by atoms with Crippen molar-refractivity contribution in [3.05, 3.63) is 26.6 Å². The molecule has 2 aromatic heterocycles. The Labute approximate surface area is 131 Å². The van der Waals surface area contributed by atoms with Crippen LogP contribution in [0.1, 0.15) is 32.1 Å². The Morgan fingerprint density at radius 1 is 1.48 bits per heavy atom. The fourth-order valence-corrected chi connectivity index (χ4v) is 3.34. The number of thiophene rings is 1. The van der Waals surface area contributed by atoms with E-state index in [1.54, 1.807) is 4.57 Å². The average Bonchev–Trinajstić information content (AvgIpc) is 3.12. The first-order valence-electron chi connectivity index (χ1n) is 7.15. The lowest BCUT2D eigenvalue weighted by Crippen LogP contribution is -2.25. The quantitative estimate of drug-likeness (QED) is 0.634. The fraction of sp³-hybridized carbons (Fsp3) is 0.500. The van der Waals surface area contributed by atoms with Crippen molar-refractivity contribution in [1.29, 1.82) is 0 Å². The van der Waals surface area contributed by atoms with Crippen molar-refractivity contribution in [3.8, 4) is 0 Å². The molecule has 1 fully saturated rings. The van der Waals surface area contributed by atoms with Crippen LogP contribution in [0.4, 0.5) is 0 Å². The molecule has 0 bridgehead atoms. The Kier molecular flexibility index (Phi) is 4.21. The van der Waals surface area contributed by atoms with Crippen LogP contribution < -0.4 is 10.9 Å². The Morgan fingerprint density at radius 3 is 3.05 bits per heavy atom. The van der Waals surface area contributed by atoms with Crippen molar-refractivity contribution in [3.63, 3.8) is 0 Å². The number of hydrogen-bond donors (Lipinski definition) is 2. The number of H-pyrrole nitrogens is 1. The average molecular weight is 323 g/mol. The highest BCUT2D eigenvalue weighted by molar-refractivity contribution is 7.71. The van der Waals surface area contributed by atoms with E-state index in [9.17, 15) is 9.59 Å². The van der Waals surface area contributed by atoms with E-state index < -0.39 is 0 Å². The first-order chi connectivity index (χ1) is 10.1. The maximum atomic E-state index is 12.3. The molecule has 2 N–H and O–H groups in total. The Hall–Kier alpha value is -1.47. The van der Waals surface area contributed by atoms with Crippen LogP contribution >= 0.6 is 23.6 Å². The lowest BCUT2D eigenvalue weighted by molar-refractivity contribution is -0.121. The van der Waals surface area contributed by atoms with Crippen LogP contribution in [0.3, 0.4) is 0 Å². The SMILES string of the molecule is O=C(CCCCn1c(=S)[nH]c2ccsc2c1=O)NC1CC1. The number of aromatic amines is 1. The van der Waals surface area contributed by atoms with Crippen molar-refractivity contribution in [1.82, 2.24) is 14.9 Å². The number of fused-ring (bicyclic) bond motifs is 1. The molecule has 0 spiro atoms. The summed E-state index contributed by atoms with van der Waals surface area (Å²) in [6.45, 7) is 0.554. The summed E-state index contributed by atoms with van der Waals surface area (Å²) in [4.78, 5) is 26.9. The van der Waals surface area contributed by atoms with Gasteiger partial charge in [-0.05, 0) is 49.3 Å². The van der Waals surface area contributed by atoms with Gasteiger partial charge >= 0.3 is 0 Å². The summed E-state index contributed by atoms with van der Waals surface area (Å²) in [6.07, 6.45) is 4.27. The van der Waals surface area contributed by atoms with Gasteiger partial charge in [-0.2, -0.15) is 0 Å². The largest absolute Gasteiger partial charge is 0.353 e. The fourth-order valence-electron chi connectivity index (χ4n) is 2.26. The zero-order valence-corrected chi connectivity index (χ0v) is 13.2. The van der Waals surface area contributed by atoms with E-state index in [4.69, 9.17) is 12.2 Å². The number of rotatable bonds is 6. The summed E-state index contributed by atoms with van der Waals surface area (Å²) >= 11 is 6.65. The van der Waals surface area contributed by atoms with Crippen molar-refractivity contribution >= 4 is 39.7 Å². The smallest absolute Gasteiger partial charge is 0.272 e. The van der Waals surface area contributed by atoms with E-state index in [0.29, 0.717) is 28.5 Å². The van der Waals surface area contributed by atoms with E-state index in [2.05, 4.69) is 10.3 Å². The summed E-state index contributed by atoms with van der Waals surface area (Å²) in [7, 11) is 0. The second kappa shape index (κ2) is 6.11. The standard InChI is InChI=1S/C14H17N3O2S2/c18-11(15-9-4-5-9)3-1-2-7-17-13(19)12-10(6-8-21-12)16-14(17)20/h6,8-9H,1-5,7H2,(H,15,18)(H,16,20). The number of carbonyl (C=O) groups excluding carboxylic acids is 1. The minimum atomic E-state index is -0.0359. The topological polar surface area (TPSA) is 66.9 Å². The second-order valence-electron chi connectivity index (χ2n) is 5.35. The minimum Gasteiger partial charge on any atom is -0.353 e. The van der Waals surface area contributed by atoms with Crippen LogP contribution in [-0.4, -0.2) is 21.5 Å². The third kappa shape index (κ3) is 3.41. The molecule has 0 aliphatic heterocycles. The van der Waals surface area contributed by atoms with Gasteiger partial charge in [-0.1, -0.05) is 0 Å². The predicted octanol–water partition coefficient (Wildman–Crippen LogP) is 2.57. The van der Waals surface area contributed by atoms with Crippen molar-refractivity contribution in [2.75, 3.05) is 0 Å². The first-order valence-corrected chi connectivity index (χ1v) is 8.43. The second-order valence-corrected chi connectivity index (χ2v) is 6.65. The summed E-state index contributed by atoms with van der Waals surface area (Å²) in [5.74, 6) is 0.115. The van der Waals surface area contributed by atoms with Gasteiger partial charge in [0.25, 0.3) is 5.56 Å². The molecule has 0 atom stereocenters. The highest BCUT2D eigenvalue weighted by atomic mass is 32.1. The molecule has 0 radical (unpaired) electrons. The molecular weight excluding hydrogens is 306 g/mol. The number of carbonyl (C=O) groups is 1. The molecule has 1 aliphatic rings. The third-order valence-corrected chi connectivity index (χ3v) is 4.79. The summed E-state index contributed by atoms with van der Waals surface area (Å²) < 4.78 is 2.75. The van der Waals surface area contributed by atoms with Crippen LogP contribution in [0.25, 0.3) is 10.2 Å². The van der Waals surface area contributed by atoms with Gasteiger partial charge < -0.3 is 10.3 Å². The van der Waals surface area contributed by atoms with Crippen LogP contribution in [-0.2, 0) is 11.3 Å². The van der Waals surface area contributed by atoms with Crippen LogP contribution in [0.5, 0.6) is 0 Å². The monoisotopic (exact) mass is 323 g/mol. The summed E-state index contributed by atoms with van der Waals surface area (Å²) in [6, 6.07) is 2.28. The van der Waals surface area contributed by atoms with Gasteiger partial charge in [0.2, 0.25) is 5.91 Å². The predicted molar refractivity (Wildman–Crippen MR) is 86.3 cm³/mol. The Morgan fingerprint density at radius 2 is 2.29 bits per heavy atom. The maximum absolute atomic E-state index is 12.3. The lowest BCUT2D eigenvalue weighted by Gasteiger charge is -2.06. The van der Waals surface area contributed by atoms with Gasteiger partial charge in [0.05, 0.1) is 5.52 Å². The van der Waals surface area contributed by atoms with Crippen LogP contribution in [0, 0.1) is 4.77 Å². The normalized spacial score (nSPS) is 14.5. The molecule has 7 heteroatoms. The molecule has 0 saturated heterocycles. The molecule has 112 valence electrons. The molecule has 2 heterocycles. The molecule has 21 heavy (non-hydrogen) atoms. The Balaban J connectivity index is 1.58. The van der Waals surface area contributed by atoms with Gasteiger partial charge in [0, 0.05) is 19.0 Å². The molecule has 3 rings (SSSR count). The number of nitrogens with one attached hydrogen (secondary N) is 2. The minimum absolute atomic E-state index is 0.0359. The molecule has 0 unspecified atom stereocenters. The summed E-state index contributed by atoms with van der Waals surface area (Å²) in [5, 5.41) is 4.84. The van der Waals surface area contributed by atoms with Gasteiger partial charge in [-0.3, -0.25) is 14.2 Å². The third-order valence-electron chi connectivity index (χ3n) is 3.57. The van der Waals surface area contributed by atoms with E-state index in [-0.39, 0.29) is 11.5 Å². The van der Waals surface area contributed by atoms with Gasteiger partial charge in [0.1, 0.15) is 4.70 Å². The molecule has 1 saturated carbocycles. The first kappa shape index (κ1) is 14.5. The van der Waals surface area contributed by atoms with E-state index >= 15 is 0 Å². The van der Waals surface area contributed by atoms with E-state index in [1.807, 2.05) is 11.4 Å². The zero-order valence-electron chi connectivity index (χ0n) is 11.6. The number of amides is 1. The summed E-state index contributed by atoms with van der Waals surface area (Å²) in [5.41, 5.74) is 0.765. The van der Waals surface area contributed by atoms with Gasteiger partial charge in [-0.15, -0.1) is 11.3 Å². The zero-order chi connectivity index (χ0) is 14.8. The lowest BCUT2D eigenvalue weighted by atomic mass is 10.2. The number of nitrogens with zero attached hydrogens (tertiary/aromatic N) is 1. The molecule has 0 aromatic carbocycles. The molecule has 5 nitrogen and oxygen atoms in total. The van der Waals surface area contributed by atoms with Crippen molar-refractivity contribution < 1.29 is 4.79 Å². The van der Waals surface area contributed by atoms with E-state index in [1.165, 1.54) is 11.3 Å². The molecule has 1 amide bonds.